The maximum atomic E-state index is 11.4. The predicted octanol–water partition coefficient (Wildman–Crippen LogP) is 1.48. The summed E-state index contributed by atoms with van der Waals surface area (Å²) in [5, 5.41) is 9.57. The van der Waals surface area contributed by atoms with Crippen LogP contribution in [0.25, 0.3) is 0 Å². The molecular formula is C14H26N4O4S2. The maximum absolute atomic E-state index is 11.4. The largest absolute Gasteiger partial charge is 0.338 e. The van der Waals surface area contributed by atoms with Crippen molar-refractivity contribution in [3.63, 3.8) is 0 Å². The predicted molar refractivity (Wildman–Crippen MR) is 97.7 cm³/mol. The van der Waals surface area contributed by atoms with Gasteiger partial charge in [0.1, 0.15) is 0 Å². The first-order chi connectivity index (χ1) is 11.3. The molecule has 8 nitrogen and oxygen atoms in total. The number of imide groups is 2. The van der Waals surface area contributed by atoms with Crippen molar-refractivity contribution >= 4 is 45.5 Å². The van der Waals surface area contributed by atoms with Crippen LogP contribution in [-0.2, 0) is 9.59 Å². The molecule has 0 spiro atoms. The molecule has 6 amide bonds. The topological polar surface area (TPSA) is 116 Å². The maximum Gasteiger partial charge on any atom is 0.321 e. The van der Waals surface area contributed by atoms with E-state index in [1.807, 2.05) is 20.8 Å². The van der Waals surface area contributed by atoms with Crippen LogP contribution in [0.5, 0.6) is 0 Å². The van der Waals surface area contributed by atoms with Gasteiger partial charge in [0.05, 0.1) is 5.75 Å². The van der Waals surface area contributed by atoms with Crippen molar-refractivity contribution in [3.05, 3.63) is 0 Å². The van der Waals surface area contributed by atoms with Gasteiger partial charge in [-0.15, -0.1) is 0 Å². The molecular weight excluding hydrogens is 352 g/mol. The molecule has 0 unspecified atom stereocenters. The number of carbonyl (C=O) groups is 4. The molecule has 0 saturated heterocycles. The van der Waals surface area contributed by atoms with Gasteiger partial charge in [-0.05, 0) is 12.3 Å². The van der Waals surface area contributed by atoms with E-state index in [0.29, 0.717) is 25.3 Å². The van der Waals surface area contributed by atoms with Gasteiger partial charge in [-0.2, -0.15) is 0 Å². The fourth-order valence-corrected chi connectivity index (χ4v) is 3.14. The van der Waals surface area contributed by atoms with Crippen LogP contribution in [0.1, 0.15) is 33.6 Å². The number of rotatable bonds is 10. The van der Waals surface area contributed by atoms with Gasteiger partial charge in [0.2, 0.25) is 11.8 Å². The first-order valence-electron chi connectivity index (χ1n) is 7.74. The van der Waals surface area contributed by atoms with Crippen LogP contribution in [0, 0.1) is 5.92 Å². The summed E-state index contributed by atoms with van der Waals surface area (Å²) >= 11 is 0. The fourth-order valence-electron chi connectivity index (χ4n) is 1.40. The van der Waals surface area contributed by atoms with E-state index in [9.17, 15) is 19.2 Å². The summed E-state index contributed by atoms with van der Waals surface area (Å²) in [6, 6.07) is -1.01. The Bertz CT molecular complexity index is 433. The zero-order chi connectivity index (χ0) is 18.4. The average Bonchev–Trinajstić information content (AvgIpc) is 2.47. The van der Waals surface area contributed by atoms with E-state index >= 15 is 0 Å². The smallest absolute Gasteiger partial charge is 0.321 e. The van der Waals surface area contributed by atoms with Gasteiger partial charge in [0.25, 0.3) is 0 Å². The Hall–Kier alpha value is -1.42. The molecule has 10 heteroatoms. The summed E-state index contributed by atoms with van der Waals surface area (Å²) < 4.78 is 0. The van der Waals surface area contributed by atoms with Gasteiger partial charge in [0.15, 0.2) is 0 Å². The molecule has 24 heavy (non-hydrogen) atoms. The molecule has 0 radical (unpaired) electrons. The molecule has 0 aliphatic carbocycles. The molecule has 0 heterocycles. The quantitative estimate of drug-likeness (QED) is 0.338. The van der Waals surface area contributed by atoms with Gasteiger partial charge in [0, 0.05) is 25.3 Å². The molecule has 138 valence electrons. The Morgan fingerprint density at radius 1 is 0.875 bits per heavy atom. The Labute approximate surface area is 150 Å². The first-order valence-corrected chi connectivity index (χ1v) is 10.2. The number of hydrogen-bond donors (Lipinski definition) is 4. The summed E-state index contributed by atoms with van der Waals surface area (Å²) in [7, 11) is 2.68. The minimum Gasteiger partial charge on any atom is -0.338 e. The number of carbonyl (C=O) groups excluding carboxylic acids is 4. The van der Waals surface area contributed by atoms with Crippen LogP contribution in [0.4, 0.5) is 9.59 Å². The van der Waals surface area contributed by atoms with Crippen molar-refractivity contribution in [1.82, 2.24) is 21.3 Å². The lowest BCUT2D eigenvalue weighted by molar-refractivity contribution is -0.120. The highest BCUT2D eigenvalue weighted by atomic mass is 33.1. The number of hydrogen-bond acceptors (Lipinski definition) is 6. The highest BCUT2D eigenvalue weighted by Gasteiger charge is 2.09. The number of nitrogens with one attached hydrogen (secondary N) is 4. The highest BCUT2D eigenvalue weighted by molar-refractivity contribution is 8.76. The third-order valence-corrected chi connectivity index (χ3v) is 4.65. The zero-order valence-electron chi connectivity index (χ0n) is 14.3. The van der Waals surface area contributed by atoms with Gasteiger partial charge in [-0.3, -0.25) is 20.2 Å². The summed E-state index contributed by atoms with van der Waals surface area (Å²) in [4.78, 5) is 45.5. The SMILES string of the molecule is CCCNC(=O)NC(=O)CSSCCNC(=O)NC(=O)CC(C)C. The molecule has 0 aliphatic heterocycles. The molecule has 0 rings (SSSR count). The van der Waals surface area contributed by atoms with Gasteiger partial charge in [-0.25, -0.2) is 9.59 Å². The van der Waals surface area contributed by atoms with Crippen LogP contribution in [0.15, 0.2) is 0 Å². The van der Waals surface area contributed by atoms with Crippen LogP contribution < -0.4 is 21.3 Å². The fraction of sp³-hybridized carbons (Fsp3) is 0.714. The Morgan fingerprint density at radius 3 is 2.04 bits per heavy atom. The molecule has 0 atom stereocenters. The normalized spacial score (nSPS) is 10.2. The minimum atomic E-state index is -0.517. The molecule has 0 bridgehead atoms. The second kappa shape index (κ2) is 14.0. The van der Waals surface area contributed by atoms with Crippen molar-refractivity contribution in [2.24, 2.45) is 5.92 Å². The van der Waals surface area contributed by atoms with E-state index in [1.165, 1.54) is 21.6 Å². The van der Waals surface area contributed by atoms with Gasteiger partial charge < -0.3 is 10.6 Å². The standard InChI is InChI=1S/C14H26N4O4S2/c1-4-5-15-13(21)18-12(20)9-24-23-7-6-16-14(22)17-11(19)8-10(2)3/h10H,4-9H2,1-3H3,(H2,15,18,20,21)(H2,16,17,19,22). The lowest BCUT2D eigenvalue weighted by Crippen LogP contribution is -2.40. The van der Waals surface area contributed by atoms with Crippen molar-refractivity contribution in [2.75, 3.05) is 24.6 Å². The average molecular weight is 379 g/mol. The van der Waals surface area contributed by atoms with E-state index in [0.717, 1.165) is 6.42 Å². The summed E-state index contributed by atoms with van der Waals surface area (Å²) in [5.41, 5.74) is 0. The van der Waals surface area contributed by atoms with Crippen molar-refractivity contribution in [2.45, 2.75) is 33.6 Å². The Morgan fingerprint density at radius 2 is 1.46 bits per heavy atom. The van der Waals surface area contributed by atoms with E-state index in [-0.39, 0.29) is 23.5 Å². The monoisotopic (exact) mass is 378 g/mol. The summed E-state index contributed by atoms with van der Waals surface area (Å²) in [5.74, 6) is 0.239. The molecule has 0 fully saturated rings. The van der Waals surface area contributed by atoms with E-state index in [1.54, 1.807) is 0 Å². The van der Waals surface area contributed by atoms with Crippen molar-refractivity contribution in [1.29, 1.82) is 0 Å². The van der Waals surface area contributed by atoms with E-state index in [4.69, 9.17) is 0 Å². The number of urea groups is 2. The molecule has 0 aromatic carbocycles. The van der Waals surface area contributed by atoms with E-state index < -0.39 is 12.1 Å². The third kappa shape index (κ3) is 14.2. The Balaban J connectivity index is 3.59. The van der Waals surface area contributed by atoms with Gasteiger partial charge >= 0.3 is 12.1 Å². The van der Waals surface area contributed by atoms with Gasteiger partial charge in [-0.1, -0.05) is 42.4 Å². The lowest BCUT2D eigenvalue weighted by Gasteiger charge is -2.08. The van der Waals surface area contributed by atoms with Crippen molar-refractivity contribution in [3.8, 4) is 0 Å². The molecule has 0 aromatic rings. The molecule has 0 aromatic heterocycles. The molecule has 0 saturated carbocycles. The molecule has 0 aliphatic rings. The van der Waals surface area contributed by atoms with Crippen LogP contribution in [0.3, 0.4) is 0 Å². The first kappa shape index (κ1) is 22.6. The van der Waals surface area contributed by atoms with Crippen molar-refractivity contribution < 1.29 is 19.2 Å². The van der Waals surface area contributed by atoms with Crippen LogP contribution in [-0.4, -0.2) is 48.5 Å². The lowest BCUT2D eigenvalue weighted by atomic mass is 10.1. The summed E-state index contributed by atoms with van der Waals surface area (Å²) in [6.45, 7) is 6.61. The second-order valence-electron chi connectivity index (χ2n) is 5.29. The zero-order valence-corrected chi connectivity index (χ0v) is 15.9. The highest BCUT2D eigenvalue weighted by Crippen LogP contribution is 2.19. The van der Waals surface area contributed by atoms with E-state index in [2.05, 4.69) is 21.3 Å². The van der Waals surface area contributed by atoms with Crippen LogP contribution >= 0.6 is 21.6 Å². The number of amides is 6. The van der Waals surface area contributed by atoms with Crippen LogP contribution in [0.2, 0.25) is 0 Å². The Kier molecular flexibility index (Phi) is 13.1. The molecule has 4 N–H and O–H groups in total. The minimum absolute atomic E-state index is 0.142. The second-order valence-corrected chi connectivity index (χ2v) is 7.87. The summed E-state index contributed by atoms with van der Waals surface area (Å²) in [6.07, 6.45) is 1.11. The third-order valence-electron chi connectivity index (χ3n) is 2.38.